The molecule has 0 aliphatic carbocycles. The summed E-state index contributed by atoms with van der Waals surface area (Å²) in [6.07, 6.45) is -12.1. The number of rotatable bonds is 2. The number of nitrogens with zero attached hydrogens (tertiary/aromatic N) is 2. The van der Waals surface area contributed by atoms with Gasteiger partial charge in [0.1, 0.15) is 6.61 Å². The van der Waals surface area contributed by atoms with Crippen LogP contribution in [0.15, 0.2) is 12.1 Å². The zero-order valence-electron chi connectivity index (χ0n) is 12.1. The molecule has 1 heterocycles. The first-order valence-corrected chi connectivity index (χ1v) is 6.59. The molecule has 0 N–H and O–H groups in total. The van der Waals surface area contributed by atoms with Crippen molar-refractivity contribution in [2.24, 2.45) is 0 Å². The molecular formula is C14H10F6N2O2. The molecule has 2 rings (SSSR count). The summed E-state index contributed by atoms with van der Waals surface area (Å²) in [4.78, 5) is 12.3. The number of hydrogen-bond donors (Lipinski definition) is 0. The van der Waals surface area contributed by atoms with E-state index in [9.17, 15) is 31.1 Å². The topological polar surface area (TPSA) is 53.3 Å². The number of halogens is 6. The molecule has 1 amide bonds. The van der Waals surface area contributed by atoms with Crippen LogP contribution in [0.4, 0.5) is 36.8 Å². The summed E-state index contributed by atoms with van der Waals surface area (Å²) in [7, 11) is 0. The minimum atomic E-state index is -4.89. The number of ether oxygens (including phenoxy) is 1. The summed E-state index contributed by atoms with van der Waals surface area (Å²) < 4.78 is 81.8. The van der Waals surface area contributed by atoms with Crippen LogP contribution in [0, 0.1) is 18.3 Å². The standard InChI is InChI=1S/C14H10F6N2O2/c1-7-10(3-2-8(5-21)11(7)14(18,19)20)22-9(4-13(15,16)17)6-24-12(22)23/h2-3,9H,4,6H2,1H3/t9-/m0/s1. The second-order valence-electron chi connectivity index (χ2n) is 5.16. The number of benzene rings is 1. The summed E-state index contributed by atoms with van der Waals surface area (Å²) in [5.41, 5.74) is -2.83. The maximum Gasteiger partial charge on any atom is 0.418 e. The molecule has 1 aliphatic rings. The van der Waals surface area contributed by atoms with Crippen LogP contribution in [0.3, 0.4) is 0 Å². The van der Waals surface area contributed by atoms with E-state index < -0.39 is 54.2 Å². The zero-order valence-corrected chi connectivity index (χ0v) is 12.1. The molecule has 0 aromatic heterocycles. The molecule has 4 nitrogen and oxygen atoms in total. The van der Waals surface area contributed by atoms with E-state index >= 15 is 0 Å². The lowest BCUT2D eigenvalue weighted by molar-refractivity contribution is -0.139. The highest BCUT2D eigenvalue weighted by atomic mass is 19.4. The third kappa shape index (κ3) is 3.39. The SMILES string of the molecule is Cc1c(N2C(=O)OC[C@@H]2CC(F)(F)F)ccc(C#N)c1C(F)(F)F. The van der Waals surface area contributed by atoms with Gasteiger partial charge in [0, 0.05) is 0 Å². The molecule has 0 spiro atoms. The number of carbonyl (C=O) groups excluding carboxylic acids is 1. The molecule has 1 aromatic carbocycles. The minimum Gasteiger partial charge on any atom is -0.447 e. The Bertz CT molecular complexity index is 705. The van der Waals surface area contributed by atoms with Crippen molar-refractivity contribution in [2.75, 3.05) is 11.5 Å². The van der Waals surface area contributed by atoms with E-state index in [0.29, 0.717) is 4.90 Å². The predicted octanol–water partition coefficient (Wildman–Crippen LogP) is 4.16. The van der Waals surface area contributed by atoms with Crippen LogP contribution in [-0.4, -0.2) is 24.9 Å². The first-order valence-electron chi connectivity index (χ1n) is 6.59. The number of hydrogen-bond acceptors (Lipinski definition) is 3. The molecule has 130 valence electrons. The highest BCUT2D eigenvalue weighted by molar-refractivity contribution is 5.91. The molecule has 0 radical (unpaired) electrons. The van der Waals surface area contributed by atoms with Gasteiger partial charge in [0.15, 0.2) is 0 Å². The third-order valence-corrected chi connectivity index (χ3v) is 3.53. The number of nitriles is 1. The molecule has 0 saturated carbocycles. The summed E-state index contributed by atoms with van der Waals surface area (Å²) >= 11 is 0. The number of cyclic esters (lactones) is 1. The van der Waals surface area contributed by atoms with E-state index in [4.69, 9.17) is 5.26 Å². The number of alkyl halides is 6. The van der Waals surface area contributed by atoms with Crippen molar-refractivity contribution in [3.05, 3.63) is 28.8 Å². The lowest BCUT2D eigenvalue weighted by atomic mass is 9.99. The maximum atomic E-state index is 13.2. The number of anilines is 1. The van der Waals surface area contributed by atoms with Crippen LogP contribution in [0.5, 0.6) is 0 Å². The van der Waals surface area contributed by atoms with Gasteiger partial charge in [-0.2, -0.15) is 31.6 Å². The summed E-state index contributed by atoms with van der Waals surface area (Å²) in [5, 5.41) is 8.82. The van der Waals surface area contributed by atoms with Gasteiger partial charge >= 0.3 is 18.4 Å². The van der Waals surface area contributed by atoms with Crippen LogP contribution in [0.25, 0.3) is 0 Å². The Morgan fingerprint density at radius 2 is 1.92 bits per heavy atom. The second kappa shape index (κ2) is 5.89. The molecular weight excluding hydrogens is 342 g/mol. The van der Waals surface area contributed by atoms with Crippen LogP contribution >= 0.6 is 0 Å². The lowest BCUT2D eigenvalue weighted by Crippen LogP contribution is -2.37. The quantitative estimate of drug-likeness (QED) is 0.751. The van der Waals surface area contributed by atoms with Crippen LogP contribution in [0.2, 0.25) is 0 Å². The van der Waals surface area contributed by atoms with Crippen molar-refractivity contribution < 1.29 is 35.9 Å². The van der Waals surface area contributed by atoms with Crippen molar-refractivity contribution in [1.82, 2.24) is 0 Å². The largest absolute Gasteiger partial charge is 0.447 e. The molecule has 1 aliphatic heterocycles. The zero-order chi connectivity index (χ0) is 18.3. The van der Waals surface area contributed by atoms with Gasteiger partial charge in [-0.15, -0.1) is 0 Å². The lowest BCUT2D eigenvalue weighted by Gasteiger charge is -2.25. The Morgan fingerprint density at radius 1 is 1.29 bits per heavy atom. The van der Waals surface area contributed by atoms with E-state index in [2.05, 4.69) is 4.74 Å². The molecule has 10 heteroatoms. The van der Waals surface area contributed by atoms with Crippen LogP contribution in [-0.2, 0) is 10.9 Å². The fourth-order valence-electron chi connectivity index (χ4n) is 2.59. The van der Waals surface area contributed by atoms with Crippen molar-refractivity contribution in [2.45, 2.75) is 31.7 Å². The van der Waals surface area contributed by atoms with Crippen molar-refractivity contribution in [3.8, 4) is 6.07 Å². The van der Waals surface area contributed by atoms with Gasteiger partial charge in [-0.1, -0.05) is 0 Å². The summed E-state index contributed by atoms with van der Waals surface area (Å²) in [6, 6.07) is 1.75. The van der Waals surface area contributed by atoms with Gasteiger partial charge in [-0.05, 0) is 24.6 Å². The van der Waals surface area contributed by atoms with Gasteiger partial charge in [-0.25, -0.2) is 4.79 Å². The van der Waals surface area contributed by atoms with E-state index in [-0.39, 0.29) is 5.69 Å². The number of carbonyl (C=O) groups is 1. The van der Waals surface area contributed by atoms with Gasteiger partial charge in [0.2, 0.25) is 0 Å². The Balaban J connectivity index is 2.55. The fraction of sp³-hybridized carbons (Fsp3) is 0.429. The normalized spacial score (nSPS) is 18.5. The average molecular weight is 352 g/mol. The predicted molar refractivity (Wildman–Crippen MR) is 69.2 cm³/mol. The molecule has 0 unspecified atom stereocenters. The molecule has 1 aromatic rings. The van der Waals surface area contributed by atoms with Gasteiger partial charge in [-0.3, -0.25) is 4.90 Å². The fourth-order valence-corrected chi connectivity index (χ4v) is 2.59. The van der Waals surface area contributed by atoms with Crippen molar-refractivity contribution in [1.29, 1.82) is 5.26 Å². The van der Waals surface area contributed by atoms with Crippen LogP contribution < -0.4 is 4.90 Å². The average Bonchev–Trinajstić information content (AvgIpc) is 2.76. The molecule has 24 heavy (non-hydrogen) atoms. The Labute approximate surface area is 132 Å². The monoisotopic (exact) mass is 352 g/mol. The van der Waals surface area contributed by atoms with E-state index in [1.165, 1.54) is 6.07 Å². The van der Waals surface area contributed by atoms with Gasteiger partial charge in [0.25, 0.3) is 0 Å². The second-order valence-corrected chi connectivity index (χ2v) is 5.16. The Kier molecular flexibility index (Phi) is 4.39. The maximum absolute atomic E-state index is 13.2. The minimum absolute atomic E-state index is 0.363. The third-order valence-electron chi connectivity index (χ3n) is 3.53. The van der Waals surface area contributed by atoms with Crippen LogP contribution in [0.1, 0.15) is 23.1 Å². The van der Waals surface area contributed by atoms with Crippen molar-refractivity contribution >= 4 is 11.8 Å². The highest BCUT2D eigenvalue weighted by Crippen LogP contribution is 2.40. The van der Waals surface area contributed by atoms with E-state index in [0.717, 1.165) is 19.1 Å². The van der Waals surface area contributed by atoms with Gasteiger partial charge in [0.05, 0.1) is 35.3 Å². The first-order chi connectivity index (χ1) is 11.0. The molecule has 1 saturated heterocycles. The summed E-state index contributed by atoms with van der Waals surface area (Å²) in [5.74, 6) is 0. The Hall–Kier alpha value is -2.44. The number of amides is 1. The van der Waals surface area contributed by atoms with Crippen molar-refractivity contribution in [3.63, 3.8) is 0 Å². The summed E-state index contributed by atoms with van der Waals surface area (Å²) in [6.45, 7) is 0.411. The molecule has 1 fully saturated rings. The molecule has 0 bridgehead atoms. The van der Waals surface area contributed by atoms with E-state index in [1.807, 2.05) is 0 Å². The van der Waals surface area contributed by atoms with Gasteiger partial charge < -0.3 is 4.74 Å². The van der Waals surface area contributed by atoms with E-state index in [1.54, 1.807) is 0 Å². The first kappa shape index (κ1) is 17.9. The Morgan fingerprint density at radius 3 is 2.42 bits per heavy atom. The highest BCUT2D eigenvalue weighted by Gasteiger charge is 2.44. The smallest absolute Gasteiger partial charge is 0.418 e. The molecule has 1 atom stereocenters.